The second kappa shape index (κ2) is 4.52. The Balaban J connectivity index is 1.71. The van der Waals surface area contributed by atoms with Gasteiger partial charge in [0.2, 0.25) is 0 Å². The summed E-state index contributed by atoms with van der Waals surface area (Å²) in [6.07, 6.45) is 4.00. The lowest BCUT2D eigenvalue weighted by atomic mass is 10.0. The molecule has 0 amide bonds. The highest BCUT2D eigenvalue weighted by Gasteiger charge is 2.10. The maximum atomic E-state index is 11.2. The number of rotatable bonds is 3. The number of benzene rings is 1. The average Bonchev–Trinajstić information content (AvgIpc) is 2.79. The van der Waals surface area contributed by atoms with Crippen LogP contribution in [0.25, 0.3) is 11.1 Å². The lowest BCUT2D eigenvalue weighted by Crippen LogP contribution is -2.23. The third kappa shape index (κ3) is 2.20. The molecule has 1 aliphatic carbocycles. The average molecular weight is 243 g/mol. The summed E-state index contributed by atoms with van der Waals surface area (Å²) >= 11 is 0. The second-order valence-electron chi connectivity index (χ2n) is 4.23. The summed E-state index contributed by atoms with van der Waals surface area (Å²) in [5.41, 5.74) is 8.24. The van der Waals surface area contributed by atoms with Gasteiger partial charge in [-0.3, -0.25) is 10.2 Å². The van der Waals surface area contributed by atoms with Crippen LogP contribution < -0.4 is 10.9 Å². The van der Waals surface area contributed by atoms with E-state index in [1.165, 1.54) is 0 Å². The number of nitrogens with one attached hydrogen (secondary N) is 2. The van der Waals surface area contributed by atoms with Gasteiger partial charge in [0.25, 0.3) is 0 Å². The number of hydrogen-bond donors (Lipinski definition) is 2. The van der Waals surface area contributed by atoms with E-state index in [1.54, 1.807) is 6.08 Å². The summed E-state index contributed by atoms with van der Waals surface area (Å²) in [7, 11) is 0. The van der Waals surface area contributed by atoms with Crippen LogP contribution in [0.4, 0.5) is 6.01 Å². The molecule has 5 nitrogen and oxygen atoms in total. The number of nitrogens with zero attached hydrogens (tertiary/aromatic N) is 1. The summed E-state index contributed by atoms with van der Waals surface area (Å²) in [6.45, 7) is 0. The van der Waals surface area contributed by atoms with Crippen LogP contribution in [0, 0.1) is 0 Å². The Labute approximate surface area is 104 Å². The third-order valence-corrected chi connectivity index (χ3v) is 2.83. The van der Waals surface area contributed by atoms with Gasteiger partial charge < -0.3 is 9.84 Å². The molecular formula is C13H13N3O2. The third-order valence-electron chi connectivity index (χ3n) is 2.83. The number of fused-ring (bicyclic) bond motifs is 1. The zero-order valence-corrected chi connectivity index (χ0v) is 9.77. The number of anilines is 1. The molecule has 2 N–H and O–H groups in total. The van der Waals surface area contributed by atoms with Crippen molar-refractivity contribution in [2.75, 3.05) is 5.43 Å². The zero-order chi connectivity index (χ0) is 12.4. The van der Waals surface area contributed by atoms with Crippen molar-refractivity contribution in [3.8, 4) is 0 Å². The van der Waals surface area contributed by atoms with Gasteiger partial charge >= 0.3 is 6.01 Å². The number of carbonyl (C=O) groups is 1. The minimum atomic E-state index is 0.156. The maximum Gasteiger partial charge on any atom is 0.314 e. The van der Waals surface area contributed by atoms with E-state index in [0.29, 0.717) is 12.4 Å². The summed E-state index contributed by atoms with van der Waals surface area (Å²) in [5, 5.41) is 0. The number of hydrazine groups is 1. The van der Waals surface area contributed by atoms with E-state index in [0.717, 1.165) is 29.6 Å². The fourth-order valence-electron chi connectivity index (χ4n) is 1.95. The summed E-state index contributed by atoms with van der Waals surface area (Å²) in [5.74, 6) is 0.156. The molecule has 2 aromatic rings. The number of para-hydroxylation sites is 2. The van der Waals surface area contributed by atoms with Gasteiger partial charge in [-0.2, -0.15) is 4.98 Å². The van der Waals surface area contributed by atoms with Crippen molar-refractivity contribution in [2.45, 2.75) is 19.3 Å². The predicted molar refractivity (Wildman–Crippen MR) is 67.7 cm³/mol. The summed E-state index contributed by atoms with van der Waals surface area (Å²) in [4.78, 5) is 15.5. The van der Waals surface area contributed by atoms with Crippen LogP contribution in [0.2, 0.25) is 0 Å². The number of ketones is 1. The molecule has 0 saturated carbocycles. The second-order valence-corrected chi connectivity index (χ2v) is 4.23. The van der Waals surface area contributed by atoms with Crippen LogP contribution in [0.3, 0.4) is 0 Å². The lowest BCUT2D eigenvalue weighted by molar-refractivity contribution is -0.115. The quantitative estimate of drug-likeness (QED) is 0.810. The van der Waals surface area contributed by atoms with E-state index < -0.39 is 0 Å². The van der Waals surface area contributed by atoms with E-state index in [1.807, 2.05) is 24.3 Å². The largest absolute Gasteiger partial charge is 0.422 e. The molecule has 5 heteroatoms. The Bertz CT molecular complexity index is 582. The molecule has 0 bridgehead atoms. The molecule has 0 fully saturated rings. The van der Waals surface area contributed by atoms with E-state index in [-0.39, 0.29) is 5.78 Å². The van der Waals surface area contributed by atoms with Crippen molar-refractivity contribution >= 4 is 22.9 Å². The zero-order valence-electron chi connectivity index (χ0n) is 9.77. The van der Waals surface area contributed by atoms with Crippen LogP contribution in [0.1, 0.15) is 19.3 Å². The predicted octanol–water partition coefficient (Wildman–Crippen LogP) is 2.38. The van der Waals surface area contributed by atoms with Crippen LogP contribution in [0.15, 0.2) is 40.5 Å². The Morgan fingerprint density at radius 2 is 2.06 bits per heavy atom. The van der Waals surface area contributed by atoms with Crippen LogP contribution >= 0.6 is 0 Å². The van der Waals surface area contributed by atoms with E-state index in [2.05, 4.69) is 15.8 Å². The molecule has 3 rings (SSSR count). The smallest absolute Gasteiger partial charge is 0.314 e. The highest BCUT2D eigenvalue weighted by atomic mass is 16.4. The Hall–Kier alpha value is -2.30. The minimum Gasteiger partial charge on any atom is -0.422 e. The number of hydrogen-bond acceptors (Lipinski definition) is 5. The molecule has 1 aromatic heterocycles. The first-order chi connectivity index (χ1) is 8.81. The van der Waals surface area contributed by atoms with Crippen LogP contribution in [-0.4, -0.2) is 10.8 Å². The molecule has 0 unspecified atom stereocenters. The minimum absolute atomic E-state index is 0.156. The topological polar surface area (TPSA) is 67.2 Å². The molecule has 1 aromatic carbocycles. The lowest BCUT2D eigenvalue weighted by Gasteiger charge is -2.13. The van der Waals surface area contributed by atoms with Gasteiger partial charge in [0.15, 0.2) is 11.4 Å². The SMILES string of the molecule is O=C1C=C(NNc2nc3ccccc3o2)CCC1. The van der Waals surface area contributed by atoms with E-state index in [9.17, 15) is 4.79 Å². The van der Waals surface area contributed by atoms with Gasteiger partial charge in [0.05, 0.1) is 0 Å². The van der Waals surface area contributed by atoms with Crippen molar-refractivity contribution in [1.29, 1.82) is 0 Å². The molecule has 1 aliphatic rings. The standard InChI is InChI=1S/C13H13N3O2/c17-10-5-3-4-9(8-10)15-16-13-14-11-6-1-2-7-12(11)18-13/h1-2,6-8,15H,3-5H2,(H,14,16). The van der Waals surface area contributed by atoms with Gasteiger partial charge in [-0.05, 0) is 25.0 Å². The molecule has 0 atom stereocenters. The number of aromatic nitrogens is 1. The molecular weight excluding hydrogens is 230 g/mol. The van der Waals surface area contributed by atoms with Crippen LogP contribution in [0.5, 0.6) is 0 Å². The first kappa shape index (κ1) is 10.8. The molecule has 0 spiro atoms. The molecule has 18 heavy (non-hydrogen) atoms. The first-order valence-corrected chi connectivity index (χ1v) is 5.92. The van der Waals surface area contributed by atoms with E-state index in [4.69, 9.17) is 4.42 Å². The Morgan fingerprint density at radius 3 is 2.89 bits per heavy atom. The highest BCUT2D eigenvalue weighted by Crippen LogP contribution is 2.18. The van der Waals surface area contributed by atoms with Crippen molar-refractivity contribution in [1.82, 2.24) is 10.4 Å². The van der Waals surface area contributed by atoms with Gasteiger partial charge in [0, 0.05) is 18.2 Å². The Kier molecular flexibility index (Phi) is 2.72. The first-order valence-electron chi connectivity index (χ1n) is 5.92. The maximum absolute atomic E-state index is 11.2. The summed E-state index contributed by atoms with van der Waals surface area (Å²) < 4.78 is 5.49. The van der Waals surface area contributed by atoms with Crippen molar-refractivity contribution in [3.05, 3.63) is 36.0 Å². The highest BCUT2D eigenvalue weighted by molar-refractivity contribution is 5.91. The summed E-state index contributed by atoms with van der Waals surface area (Å²) in [6, 6.07) is 7.94. The van der Waals surface area contributed by atoms with Crippen molar-refractivity contribution in [2.24, 2.45) is 0 Å². The molecule has 1 heterocycles. The van der Waals surface area contributed by atoms with Gasteiger partial charge in [-0.25, -0.2) is 0 Å². The number of carbonyl (C=O) groups excluding carboxylic acids is 1. The van der Waals surface area contributed by atoms with Crippen molar-refractivity contribution < 1.29 is 9.21 Å². The number of allylic oxidation sites excluding steroid dienone is 2. The molecule has 0 radical (unpaired) electrons. The van der Waals surface area contributed by atoms with E-state index >= 15 is 0 Å². The van der Waals surface area contributed by atoms with Crippen molar-refractivity contribution in [3.63, 3.8) is 0 Å². The number of oxazole rings is 1. The molecule has 0 saturated heterocycles. The Morgan fingerprint density at radius 1 is 1.17 bits per heavy atom. The van der Waals surface area contributed by atoms with Gasteiger partial charge in [-0.15, -0.1) is 0 Å². The van der Waals surface area contributed by atoms with Crippen LogP contribution in [-0.2, 0) is 4.79 Å². The van der Waals surface area contributed by atoms with Gasteiger partial charge in [0.1, 0.15) is 5.52 Å². The normalized spacial score (nSPS) is 15.6. The monoisotopic (exact) mass is 243 g/mol. The molecule has 92 valence electrons. The molecule has 0 aliphatic heterocycles. The van der Waals surface area contributed by atoms with Gasteiger partial charge in [-0.1, -0.05) is 12.1 Å². The fourth-order valence-corrected chi connectivity index (χ4v) is 1.95. The fraction of sp³-hybridized carbons (Fsp3) is 0.231.